The van der Waals surface area contributed by atoms with Gasteiger partial charge in [0.05, 0.1) is 0 Å². The molecule has 74 valence electrons. The summed E-state index contributed by atoms with van der Waals surface area (Å²) >= 11 is 5.64. The third-order valence-corrected chi connectivity index (χ3v) is 4.10. The Hall–Kier alpha value is 0.180. The molecule has 0 aromatic carbocycles. The van der Waals surface area contributed by atoms with E-state index in [9.17, 15) is 0 Å². The highest BCUT2D eigenvalue weighted by Gasteiger charge is 2.18. The molecule has 1 aromatic heterocycles. The van der Waals surface area contributed by atoms with Crippen LogP contribution in [0.3, 0.4) is 0 Å². The Morgan fingerprint density at radius 2 is 2.00 bits per heavy atom. The van der Waals surface area contributed by atoms with E-state index in [0.717, 1.165) is 0 Å². The molecule has 1 aromatic rings. The summed E-state index contributed by atoms with van der Waals surface area (Å²) in [5.41, 5.74) is 0.395. The first kappa shape index (κ1) is 11.3. The van der Waals surface area contributed by atoms with Crippen LogP contribution in [0.25, 0.3) is 0 Å². The van der Waals surface area contributed by atoms with Gasteiger partial charge in [0.15, 0.2) is 0 Å². The number of halogens is 1. The summed E-state index contributed by atoms with van der Waals surface area (Å²) in [5, 5.41) is 0. The van der Waals surface area contributed by atoms with Crippen LogP contribution in [-0.2, 0) is 0 Å². The van der Waals surface area contributed by atoms with Crippen LogP contribution in [0.15, 0.2) is 12.1 Å². The second-order valence-electron chi connectivity index (χ2n) is 4.68. The number of hydrogen-bond donors (Lipinski definition) is 0. The van der Waals surface area contributed by atoms with E-state index in [1.54, 1.807) is 0 Å². The standard InChI is InChI=1S/C11H17BrS/c1-8-5-6-10(13-8)9(12)7-11(2,3)4/h5-6,9H,7H2,1-4H3. The fraction of sp³-hybridized carbons (Fsp3) is 0.636. The van der Waals surface area contributed by atoms with Gasteiger partial charge in [-0.3, -0.25) is 0 Å². The van der Waals surface area contributed by atoms with E-state index in [1.807, 2.05) is 11.3 Å². The molecule has 2 heteroatoms. The first-order chi connectivity index (χ1) is 5.88. The minimum atomic E-state index is 0.395. The van der Waals surface area contributed by atoms with Gasteiger partial charge in [0.25, 0.3) is 0 Å². The van der Waals surface area contributed by atoms with E-state index in [1.165, 1.54) is 16.2 Å². The maximum atomic E-state index is 3.75. The second-order valence-corrected chi connectivity index (χ2v) is 7.11. The molecule has 1 heterocycles. The molecule has 0 aliphatic carbocycles. The summed E-state index contributed by atoms with van der Waals surface area (Å²) in [6.07, 6.45) is 1.19. The summed E-state index contributed by atoms with van der Waals surface area (Å²) in [5.74, 6) is 0. The molecule has 0 amide bonds. The predicted molar refractivity (Wildman–Crippen MR) is 64.8 cm³/mol. The maximum Gasteiger partial charge on any atom is 0.0494 e. The Labute approximate surface area is 93.5 Å². The summed E-state index contributed by atoms with van der Waals surface area (Å²) in [4.78, 5) is 3.37. The van der Waals surface area contributed by atoms with Crippen LogP contribution < -0.4 is 0 Å². The third-order valence-electron chi connectivity index (χ3n) is 1.86. The van der Waals surface area contributed by atoms with Gasteiger partial charge in [-0.15, -0.1) is 11.3 Å². The van der Waals surface area contributed by atoms with Crippen molar-refractivity contribution >= 4 is 27.3 Å². The molecular weight excluding hydrogens is 244 g/mol. The largest absolute Gasteiger partial charge is 0.145 e. The first-order valence-corrected chi connectivity index (χ1v) is 6.32. The zero-order valence-electron chi connectivity index (χ0n) is 8.73. The molecule has 1 unspecified atom stereocenters. The lowest BCUT2D eigenvalue weighted by Gasteiger charge is -2.21. The lowest BCUT2D eigenvalue weighted by atomic mass is 9.90. The van der Waals surface area contributed by atoms with Gasteiger partial charge < -0.3 is 0 Å². The number of alkyl halides is 1. The van der Waals surface area contributed by atoms with Crippen molar-refractivity contribution in [3.63, 3.8) is 0 Å². The lowest BCUT2D eigenvalue weighted by Crippen LogP contribution is -2.07. The molecule has 0 aliphatic rings. The highest BCUT2D eigenvalue weighted by Crippen LogP contribution is 2.38. The predicted octanol–water partition coefficient (Wildman–Crippen LogP) is 4.93. The first-order valence-electron chi connectivity index (χ1n) is 4.59. The topological polar surface area (TPSA) is 0 Å². The van der Waals surface area contributed by atoms with Gasteiger partial charge in [-0.05, 0) is 30.9 Å². The molecule has 0 aliphatic heterocycles. The summed E-state index contributed by atoms with van der Waals surface area (Å²) in [7, 11) is 0. The van der Waals surface area contributed by atoms with Crippen LogP contribution in [0.1, 0.15) is 41.8 Å². The monoisotopic (exact) mass is 260 g/mol. The molecule has 0 spiro atoms. The van der Waals surface area contributed by atoms with Crippen molar-refractivity contribution in [2.45, 2.75) is 38.9 Å². The van der Waals surface area contributed by atoms with Crippen molar-refractivity contribution in [3.8, 4) is 0 Å². The van der Waals surface area contributed by atoms with Crippen molar-refractivity contribution in [3.05, 3.63) is 21.9 Å². The van der Waals surface area contributed by atoms with Crippen molar-refractivity contribution in [2.24, 2.45) is 5.41 Å². The molecule has 0 bridgehead atoms. The van der Waals surface area contributed by atoms with Crippen molar-refractivity contribution in [2.75, 3.05) is 0 Å². The molecule has 0 saturated heterocycles. The lowest BCUT2D eigenvalue weighted by molar-refractivity contribution is 0.378. The second kappa shape index (κ2) is 4.14. The van der Waals surface area contributed by atoms with E-state index in [0.29, 0.717) is 10.2 Å². The van der Waals surface area contributed by atoms with E-state index in [2.05, 4.69) is 55.8 Å². The Bertz CT molecular complexity index is 270. The summed E-state index contributed by atoms with van der Waals surface area (Å²) in [6.45, 7) is 9.00. The minimum Gasteiger partial charge on any atom is -0.145 e. The number of hydrogen-bond acceptors (Lipinski definition) is 1. The van der Waals surface area contributed by atoms with E-state index >= 15 is 0 Å². The Morgan fingerprint density at radius 1 is 1.38 bits per heavy atom. The van der Waals surface area contributed by atoms with Crippen LogP contribution in [0, 0.1) is 12.3 Å². The van der Waals surface area contributed by atoms with Crippen molar-refractivity contribution < 1.29 is 0 Å². The van der Waals surface area contributed by atoms with E-state index < -0.39 is 0 Å². The summed E-state index contributed by atoms with van der Waals surface area (Å²) < 4.78 is 0. The zero-order valence-corrected chi connectivity index (χ0v) is 11.1. The maximum absolute atomic E-state index is 3.75. The number of rotatable bonds is 2. The van der Waals surface area contributed by atoms with Gasteiger partial charge in [0, 0.05) is 14.6 Å². The van der Waals surface area contributed by atoms with Crippen molar-refractivity contribution in [1.82, 2.24) is 0 Å². The molecule has 13 heavy (non-hydrogen) atoms. The van der Waals surface area contributed by atoms with Gasteiger partial charge in [0.2, 0.25) is 0 Å². The van der Waals surface area contributed by atoms with Crippen LogP contribution in [0.4, 0.5) is 0 Å². The summed E-state index contributed by atoms with van der Waals surface area (Å²) in [6, 6.07) is 4.42. The number of thiophene rings is 1. The Kier molecular flexibility index (Phi) is 3.58. The Morgan fingerprint density at radius 3 is 2.38 bits per heavy atom. The van der Waals surface area contributed by atoms with Gasteiger partial charge >= 0.3 is 0 Å². The average Bonchev–Trinajstić information content (AvgIpc) is 2.31. The molecule has 0 radical (unpaired) electrons. The van der Waals surface area contributed by atoms with Crippen LogP contribution in [-0.4, -0.2) is 0 Å². The SMILES string of the molecule is Cc1ccc(C(Br)CC(C)(C)C)s1. The Balaban J connectivity index is 2.64. The molecule has 0 nitrogen and oxygen atoms in total. The minimum absolute atomic E-state index is 0.395. The van der Waals surface area contributed by atoms with Gasteiger partial charge in [-0.2, -0.15) is 0 Å². The highest BCUT2D eigenvalue weighted by atomic mass is 79.9. The van der Waals surface area contributed by atoms with Gasteiger partial charge in [-0.1, -0.05) is 36.7 Å². The van der Waals surface area contributed by atoms with Gasteiger partial charge in [0.1, 0.15) is 0 Å². The number of aryl methyl sites for hydroxylation is 1. The normalized spacial score (nSPS) is 14.5. The van der Waals surface area contributed by atoms with Crippen LogP contribution in [0.2, 0.25) is 0 Å². The van der Waals surface area contributed by atoms with E-state index in [-0.39, 0.29) is 0 Å². The molecular formula is C11H17BrS. The van der Waals surface area contributed by atoms with Crippen LogP contribution >= 0.6 is 27.3 Å². The quantitative estimate of drug-likeness (QED) is 0.662. The van der Waals surface area contributed by atoms with Gasteiger partial charge in [-0.25, -0.2) is 0 Å². The average molecular weight is 261 g/mol. The molecule has 0 fully saturated rings. The zero-order chi connectivity index (χ0) is 10.1. The fourth-order valence-corrected chi connectivity index (χ4v) is 3.52. The van der Waals surface area contributed by atoms with Crippen LogP contribution in [0.5, 0.6) is 0 Å². The molecule has 1 atom stereocenters. The highest BCUT2D eigenvalue weighted by molar-refractivity contribution is 9.09. The van der Waals surface area contributed by atoms with Crippen molar-refractivity contribution in [1.29, 1.82) is 0 Å². The molecule has 1 rings (SSSR count). The fourth-order valence-electron chi connectivity index (χ4n) is 1.26. The molecule has 0 saturated carbocycles. The van der Waals surface area contributed by atoms with E-state index in [4.69, 9.17) is 0 Å². The smallest absolute Gasteiger partial charge is 0.0494 e. The molecule has 0 N–H and O–H groups in total. The third kappa shape index (κ3) is 3.82.